The number of aromatic nitrogens is 1. The van der Waals surface area contributed by atoms with Gasteiger partial charge in [0.25, 0.3) is 5.91 Å². The number of rotatable bonds is 9. The van der Waals surface area contributed by atoms with Gasteiger partial charge in [0.15, 0.2) is 0 Å². The van der Waals surface area contributed by atoms with Gasteiger partial charge in [-0.1, -0.05) is 42.5 Å². The summed E-state index contributed by atoms with van der Waals surface area (Å²) in [6.45, 7) is 4.31. The topological polar surface area (TPSA) is 94.6 Å². The third-order valence-corrected chi connectivity index (χ3v) is 7.84. The van der Waals surface area contributed by atoms with E-state index in [0.29, 0.717) is 10.9 Å². The minimum Gasteiger partial charge on any atom is -0.348 e. The molecular formula is C32H35F2N5O3. The monoisotopic (exact) mass is 575 g/mol. The number of hydrogen-bond donors (Lipinski definition) is 2. The Kier molecular flexibility index (Phi) is 9.22. The number of pyridine rings is 1. The quantitative estimate of drug-likeness (QED) is 0.402. The van der Waals surface area contributed by atoms with E-state index in [1.54, 1.807) is 6.07 Å². The Morgan fingerprint density at radius 3 is 2.69 bits per heavy atom. The zero-order chi connectivity index (χ0) is 29.6. The van der Waals surface area contributed by atoms with Crippen LogP contribution >= 0.6 is 0 Å². The van der Waals surface area contributed by atoms with E-state index in [2.05, 4.69) is 32.7 Å². The maximum Gasteiger partial charge on any atom is 0.270 e. The van der Waals surface area contributed by atoms with E-state index in [1.807, 2.05) is 31.2 Å². The highest BCUT2D eigenvalue weighted by Gasteiger charge is 2.40. The van der Waals surface area contributed by atoms with Gasteiger partial charge in [-0.2, -0.15) is 0 Å². The summed E-state index contributed by atoms with van der Waals surface area (Å²) in [5, 5.41) is 6.01. The second kappa shape index (κ2) is 13.2. The Bertz CT molecular complexity index is 1490. The largest absolute Gasteiger partial charge is 0.348 e. The third-order valence-electron chi connectivity index (χ3n) is 7.84. The van der Waals surface area contributed by atoms with Crippen molar-refractivity contribution in [1.82, 2.24) is 25.4 Å². The van der Waals surface area contributed by atoms with Crippen molar-refractivity contribution < 1.29 is 23.2 Å². The molecule has 0 radical (unpaired) electrons. The second-order valence-corrected chi connectivity index (χ2v) is 10.9. The lowest BCUT2D eigenvalue weighted by molar-refractivity contribution is -0.138. The van der Waals surface area contributed by atoms with Crippen molar-refractivity contribution in [3.63, 3.8) is 0 Å². The molecule has 3 heterocycles. The molecule has 0 saturated carbocycles. The molecule has 5 rings (SSSR count). The number of amides is 3. The molecule has 1 aromatic heterocycles. The zero-order valence-corrected chi connectivity index (χ0v) is 23.6. The highest BCUT2D eigenvalue weighted by atomic mass is 19.1. The number of fused-ring (bicyclic) bond motifs is 1. The molecule has 0 bridgehead atoms. The summed E-state index contributed by atoms with van der Waals surface area (Å²) in [4.78, 5) is 46.8. The van der Waals surface area contributed by atoms with E-state index >= 15 is 0 Å². The Morgan fingerprint density at radius 1 is 1.10 bits per heavy atom. The first-order valence-corrected chi connectivity index (χ1v) is 14.3. The van der Waals surface area contributed by atoms with Crippen molar-refractivity contribution in [1.29, 1.82) is 0 Å². The molecule has 2 aliphatic heterocycles. The summed E-state index contributed by atoms with van der Waals surface area (Å²) in [5.41, 5.74) is 2.41. The summed E-state index contributed by atoms with van der Waals surface area (Å²) in [6.07, 6.45) is 5.18. The van der Waals surface area contributed by atoms with Crippen molar-refractivity contribution in [2.24, 2.45) is 0 Å². The van der Waals surface area contributed by atoms with Crippen LogP contribution in [-0.2, 0) is 9.59 Å². The van der Waals surface area contributed by atoms with E-state index in [4.69, 9.17) is 0 Å². The van der Waals surface area contributed by atoms with Crippen LogP contribution in [0.1, 0.15) is 53.8 Å². The predicted molar refractivity (Wildman–Crippen MR) is 157 cm³/mol. The Hall–Kier alpha value is -4.18. The summed E-state index contributed by atoms with van der Waals surface area (Å²) < 4.78 is 27.9. The van der Waals surface area contributed by atoms with Crippen molar-refractivity contribution in [3.8, 4) is 0 Å². The molecule has 3 aromatic rings. The van der Waals surface area contributed by atoms with E-state index in [9.17, 15) is 23.2 Å². The van der Waals surface area contributed by atoms with Gasteiger partial charge in [0, 0.05) is 18.4 Å². The molecule has 0 spiro atoms. The standard InChI is InChI=1S/C32H35F2N5O3/c1-21(26-9-3-2-7-22(26)8-6-16-38-14-4-5-15-38)36-32(42)29-18-25(34)20-39(29)30(40)19-35-31(41)28-12-10-23-17-24(33)11-13-27(23)37-28/h2-3,6-13,17,21,25,29H,4-5,14-16,18-20H2,1H3,(H,35,41)(H,36,42)/b8-6+/t21-,25+,29-/m0/s1. The van der Waals surface area contributed by atoms with Crippen molar-refractivity contribution in [2.75, 3.05) is 32.7 Å². The Balaban J connectivity index is 1.19. The molecule has 0 aliphatic carbocycles. The summed E-state index contributed by atoms with van der Waals surface area (Å²) in [5.74, 6) is -2.02. The molecule has 0 unspecified atom stereocenters. The van der Waals surface area contributed by atoms with Gasteiger partial charge in [0.05, 0.1) is 24.6 Å². The molecule has 2 fully saturated rings. The van der Waals surface area contributed by atoms with Crippen LogP contribution in [0.2, 0.25) is 0 Å². The van der Waals surface area contributed by atoms with Gasteiger partial charge in [-0.05, 0) is 68.2 Å². The van der Waals surface area contributed by atoms with Gasteiger partial charge < -0.3 is 15.5 Å². The molecule has 3 atom stereocenters. The van der Waals surface area contributed by atoms with Crippen LogP contribution < -0.4 is 10.6 Å². The lowest BCUT2D eigenvalue weighted by Crippen LogP contribution is -2.49. The van der Waals surface area contributed by atoms with Crippen LogP contribution in [0.25, 0.3) is 17.0 Å². The summed E-state index contributed by atoms with van der Waals surface area (Å²) in [6, 6.07) is 13.5. The first-order valence-electron chi connectivity index (χ1n) is 14.3. The fourth-order valence-electron chi connectivity index (χ4n) is 5.62. The number of halogens is 2. The minimum atomic E-state index is -1.35. The zero-order valence-electron chi connectivity index (χ0n) is 23.6. The summed E-state index contributed by atoms with van der Waals surface area (Å²) >= 11 is 0. The van der Waals surface area contributed by atoms with E-state index in [-0.39, 0.29) is 24.7 Å². The second-order valence-electron chi connectivity index (χ2n) is 10.9. The Morgan fingerprint density at radius 2 is 1.88 bits per heavy atom. The van der Waals surface area contributed by atoms with Crippen LogP contribution in [0.4, 0.5) is 8.78 Å². The number of nitrogens with one attached hydrogen (secondary N) is 2. The van der Waals surface area contributed by atoms with Crippen molar-refractivity contribution in [2.45, 2.75) is 44.4 Å². The molecular weight excluding hydrogens is 540 g/mol. The average molecular weight is 576 g/mol. The highest BCUT2D eigenvalue weighted by Crippen LogP contribution is 2.24. The number of alkyl halides is 1. The number of nitrogens with zero attached hydrogens (tertiary/aromatic N) is 3. The van der Waals surface area contributed by atoms with Gasteiger partial charge in [-0.25, -0.2) is 13.8 Å². The van der Waals surface area contributed by atoms with Gasteiger partial charge >= 0.3 is 0 Å². The molecule has 3 amide bonds. The van der Waals surface area contributed by atoms with E-state index in [0.717, 1.165) is 30.8 Å². The number of benzene rings is 2. The maximum absolute atomic E-state index is 14.5. The highest BCUT2D eigenvalue weighted by molar-refractivity contribution is 5.97. The number of likely N-dealkylation sites (tertiary alicyclic amines) is 2. The SMILES string of the molecule is C[C@H](NC(=O)[C@@H]1C[C@@H](F)CN1C(=O)CNC(=O)c1ccc2cc(F)ccc2n1)c1ccccc1/C=C/CN1CCCC1. The number of carbonyl (C=O) groups excluding carboxylic acids is 3. The van der Waals surface area contributed by atoms with Crippen LogP contribution in [-0.4, -0.2) is 77.4 Å². The molecule has 2 saturated heterocycles. The van der Waals surface area contributed by atoms with Crippen LogP contribution in [0.5, 0.6) is 0 Å². The lowest BCUT2D eigenvalue weighted by Gasteiger charge is -2.26. The predicted octanol–water partition coefficient (Wildman–Crippen LogP) is 4.03. The van der Waals surface area contributed by atoms with Gasteiger partial charge in [-0.3, -0.25) is 19.3 Å². The van der Waals surface area contributed by atoms with Crippen LogP contribution in [0.15, 0.2) is 60.7 Å². The molecule has 42 heavy (non-hydrogen) atoms. The fraction of sp³-hybridized carbons (Fsp3) is 0.375. The smallest absolute Gasteiger partial charge is 0.270 e. The van der Waals surface area contributed by atoms with E-state index in [1.165, 1.54) is 42.0 Å². The first kappa shape index (κ1) is 29.3. The normalized spacial score (nSPS) is 19.8. The molecule has 220 valence electrons. The first-order chi connectivity index (χ1) is 20.3. The molecule has 10 heteroatoms. The molecule has 2 aromatic carbocycles. The van der Waals surface area contributed by atoms with Crippen LogP contribution in [0, 0.1) is 5.82 Å². The molecule has 2 N–H and O–H groups in total. The fourth-order valence-corrected chi connectivity index (χ4v) is 5.62. The average Bonchev–Trinajstić information content (AvgIpc) is 3.65. The maximum atomic E-state index is 14.5. The molecule has 2 aliphatic rings. The van der Waals surface area contributed by atoms with Crippen LogP contribution in [0.3, 0.4) is 0 Å². The van der Waals surface area contributed by atoms with Crippen molar-refractivity contribution in [3.05, 3.63) is 83.3 Å². The molecule has 8 nitrogen and oxygen atoms in total. The number of carbonyl (C=O) groups is 3. The number of hydrogen-bond acceptors (Lipinski definition) is 5. The Labute approximate surface area is 243 Å². The van der Waals surface area contributed by atoms with Gasteiger partial charge in [0.2, 0.25) is 11.8 Å². The van der Waals surface area contributed by atoms with Crippen molar-refractivity contribution >= 4 is 34.7 Å². The third kappa shape index (κ3) is 6.99. The minimum absolute atomic E-state index is 0.0583. The van der Waals surface area contributed by atoms with Gasteiger partial charge in [0.1, 0.15) is 23.7 Å². The summed E-state index contributed by atoms with van der Waals surface area (Å²) in [7, 11) is 0. The van der Waals surface area contributed by atoms with Gasteiger partial charge in [-0.15, -0.1) is 0 Å². The lowest BCUT2D eigenvalue weighted by atomic mass is 10.0. The van der Waals surface area contributed by atoms with E-state index < -0.39 is 42.3 Å².